The number of benzene rings is 1. The minimum atomic E-state index is -3.62. The molecule has 1 atom stereocenters. The number of sulfonamides is 1. The highest BCUT2D eigenvalue weighted by atomic mass is 32.2. The molecular formula is C18H23N3O4S. The Hall–Kier alpha value is -2.19. The first-order chi connectivity index (χ1) is 12.4. The van der Waals surface area contributed by atoms with E-state index in [0.29, 0.717) is 19.6 Å². The molecule has 7 nitrogen and oxygen atoms in total. The predicted octanol–water partition coefficient (Wildman–Crippen LogP) is 2.56. The molecule has 3 rings (SSSR count). The van der Waals surface area contributed by atoms with E-state index in [4.69, 9.17) is 0 Å². The molecular weight excluding hydrogens is 354 g/mol. The summed E-state index contributed by atoms with van der Waals surface area (Å²) in [4.78, 5) is 11.2. The van der Waals surface area contributed by atoms with E-state index in [-0.39, 0.29) is 16.5 Å². The van der Waals surface area contributed by atoms with Gasteiger partial charge in [-0.2, -0.15) is 9.40 Å². The van der Waals surface area contributed by atoms with Gasteiger partial charge >= 0.3 is 5.97 Å². The monoisotopic (exact) mass is 377 g/mol. The van der Waals surface area contributed by atoms with E-state index in [1.807, 2.05) is 13.0 Å². The van der Waals surface area contributed by atoms with Gasteiger partial charge in [0.05, 0.1) is 11.8 Å². The molecule has 0 amide bonds. The standard InChI is InChI=1S/C18H23N3O4S/c1-2-10-21-17(8-9-19-21)26(24,25)20-11-4-7-16(13-20)14-5-3-6-15(12-14)18(22)23/h3,5-6,8-9,12,16H,2,4,7,10-11,13H2,1H3,(H,22,23)/t16-/m0/s1. The van der Waals surface area contributed by atoms with Crippen LogP contribution >= 0.6 is 0 Å². The van der Waals surface area contributed by atoms with E-state index in [2.05, 4.69) is 5.10 Å². The molecule has 140 valence electrons. The number of carbonyl (C=O) groups is 1. The molecule has 26 heavy (non-hydrogen) atoms. The number of carboxylic acid groups (broad SMARTS) is 1. The average Bonchev–Trinajstić information content (AvgIpc) is 3.11. The van der Waals surface area contributed by atoms with Crippen molar-refractivity contribution in [1.82, 2.24) is 14.1 Å². The maximum atomic E-state index is 13.1. The van der Waals surface area contributed by atoms with Crippen molar-refractivity contribution >= 4 is 16.0 Å². The Morgan fingerprint density at radius 3 is 2.88 bits per heavy atom. The van der Waals surface area contributed by atoms with E-state index < -0.39 is 16.0 Å². The number of carboxylic acids is 1. The fourth-order valence-corrected chi connectivity index (χ4v) is 5.06. The van der Waals surface area contributed by atoms with Crippen LogP contribution in [0.3, 0.4) is 0 Å². The minimum absolute atomic E-state index is 0.0135. The molecule has 1 fully saturated rings. The molecule has 0 bridgehead atoms. The summed E-state index contributed by atoms with van der Waals surface area (Å²) in [6.45, 7) is 3.35. The second-order valence-corrected chi connectivity index (χ2v) is 8.41. The van der Waals surface area contributed by atoms with E-state index >= 15 is 0 Å². The van der Waals surface area contributed by atoms with Gasteiger partial charge in [0.2, 0.25) is 0 Å². The van der Waals surface area contributed by atoms with Crippen LogP contribution in [0.15, 0.2) is 41.6 Å². The molecule has 0 unspecified atom stereocenters. The molecule has 1 saturated heterocycles. The minimum Gasteiger partial charge on any atom is -0.478 e. The van der Waals surface area contributed by atoms with Crippen molar-refractivity contribution in [1.29, 1.82) is 0 Å². The predicted molar refractivity (Wildman–Crippen MR) is 96.7 cm³/mol. The van der Waals surface area contributed by atoms with Crippen molar-refractivity contribution in [3.63, 3.8) is 0 Å². The Kier molecular flexibility index (Phi) is 5.43. The van der Waals surface area contributed by atoms with Crippen LogP contribution in [0.1, 0.15) is 48.0 Å². The molecule has 0 aliphatic carbocycles. The zero-order valence-electron chi connectivity index (χ0n) is 14.7. The van der Waals surface area contributed by atoms with Gasteiger partial charge in [0.15, 0.2) is 5.03 Å². The zero-order chi connectivity index (χ0) is 18.7. The van der Waals surface area contributed by atoms with E-state index in [1.165, 1.54) is 15.2 Å². The number of aromatic nitrogens is 2. The SMILES string of the molecule is CCCn1nccc1S(=O)(=O)N1CCC[C@H](c2cccc(C(=O)O)c2)C1. The summed E-state index contributed by atoms with van der Waals surface area (Å²) in [5, 5.41) is 13.5. The van der Waals surface area contributed by atoms with Crippen LogP contribution in [0.4, 0.5) is 0 Å². The Labute approximate surface area is 153 Å². The normalized spacial score (nSPS) is 18.7. The van der Waals surface area contributed by atoms with Crippen LogP contribution in [0.5, 0.6) is 0 Å². The number of aromatic carboxylic acids is 1. The highest BCUT2D eigenvalue weighted by Gasteiger charge is 2.33. The number of rotatable bonds is 6. The summed E-state index contributed by atoms with van der Waals surface area (Å²) in [7, 11) is -3.62. The van der Waals surface area contributed by atoms with Crippen molar-refractivity contribution in [2.75, 3.05) is 13.1 Å². The lowest BCUT2D eigenvalue weighted by atomic mass is 9.91. The smallest absolute Gasteiger partial charge is 0.335 e. The van der Waals surface area contributed by atoms with Crippen molar-refractivity contribution in [2.24, 2.45) is 0 Å². The van der Waals surface area contributed by atoms with Gasteiger partial charge in [-0.25, -0.2) is 13.2 Å². The lowest BCUT2D eigenvalue weighted by molar-refractivity contribution is 0.0696. The molecule has 1 aromatic carbocycles. The summed E-state index contributed by atoms with van der Waals surface area (Å²) < 4.78 is 29.2. The van der Waals surface area contributed by atoms with Gasteiger partial charge in [0.25, 0.3) is 10.0 Å². The Morgan fingerprint density at radius 2 is 2.15 bits per heavy atom. The van der Waals surface area contributed by atoms with E-state index in [9.17, 15) is 18.3 Å². The second kappa shape index (κ2) is 7.59. The van der Waals surface area contributed by atoms with Crippen molar-refractivity contribution in [2.45, 2.75) is 43.7 Å². The number of piperidine rings is 1. The maximum Gasteiger partial charge on any atom is 0.335 e. The van der Waals surface area contributed by atoms with Crippen LogP contribution in [0, 0.1) is 0 Å². The third-order valence-corrected chi connectivity index (χ3v) is 6.59. The number of hydrogen-bond acceptors (Lipinski definition) is 4. The quantitative estimate of drug-likeness (QED) is 0.835. The Bertz CT molecular complexity index is 891. The molecule has 0 radical (unpaired) electrons. The molecule has 2 aromatic rings. The van der Waals surface area contributed by atoms with Gasteiger partial charge in [-0.05, 0) is 48.9 Å². The first-order valence-electron chi connectivity index (χ1n) is 8.78. The van der Waals surface area contributed by atoms with Crippen molar-refractivity contribution in [3.8, 4) is 0 Å². The molecule has 0 spiro atoms. The first-order valence-corrected chi connectivity index (χ1v) is 10.2. The van der Waals surface area contributed by atoms with E-state index in [0.717, 1.165) is 24.8 Å². The van der Waals surface area contributed by atoms with Gasteiger partial charge in [-0.1, -0.05) is 19.1 Å². The third-order valence-electron chi connectivity index (χ3n) is 4.71. The maximum absolute atomic E-state index is 13.1. The summed E-state index contributed by atoms with van der Waals surface area (Å²) in [5.74, 6) is -0.990. The molecule has 1 aromatic heterocycles. The van der Waals surface area contributed by atoms with Gasteiger partial charge in [-0.3, -0.25) is 4.68 Å². The molecule has 1 aliphatic heterocycles. The molecule has 0 saturated carbocycles. The first kappa shape index (κ1) is 18.6. The number of aryl methyl sites for hydroxylation is 1. The number of nitrogens with zero attached hydrogens (tertiary/aromatic N) is 3. The molecule has 1 aliphatic rings. The molecule has 1 N–H and O–H groups in total. The van der Waals surface area contributed by atoms with Crippen LogP contribution in [-0.2, 0) is 16.6 Å². The summed E-state index contributed by atoms with van der Waals surface area (Å²) in [6.07, 6.45) is 3.89. The highest BCUT2D eigenvalue weighted by molar-refractivity contribution is 7.89. The van der Waals surface area contributed by atoms with E-state index in [1.54, 1.807) is 24.3 Å². The van der Waals surface area contributed by atoms with Crippen LogP contribution in [0.2, 0.25) is 0 Å². The second-order valence-electron chi connectivity index (χ2n) is 6.53. The lowest BCUT2D eigenvalue weighted by Gasteiger charge is -2.32. The van der Waals surface area contributed by atoms with Crippen LogP contribution < -0.4 is 0 Å². The Balaban J connectivity index is 1.85. The van der Waals surface area contributed by atoms with Gasteiger partial charge in [0.1, 0.15) is 0 Å². The molecule has 2 heterocycles. The van der Waals surface area contributed by atoms with Crippen molar-refractivity contribution in [3.05, 3.63) is 47.7 Å². The van der Waals surface area contributed by atoms with Crippen LogP contribution in [0.25, 0.3) is 0 Å². The largest absolute Gasteiger partial charge is 0.478 e. The fraction of sp³-hybridized carbons (Fsp3) is 0.444. The summed E-state index contributed by atoms with van der Waals surface area (Å²) in [6, 6.07) is 8.31. The van der Waals surface area contributed by atoms with Crippen LogP contribution in [-0.4, -0.2) is 46.7 Å². The highest BCUT2D eigenvalue weighted by Crippen LogP contribution is 2.30. The van der Waals surface area contributed by atoms with Crippen molar-refractivity contribution < 1.29 is 18.3 Å². The number of hydrogen-bond donors (Lipinski definition) is 1. The van der Waals surface area contributed by atoms with Gasteiger partial charge in [-0.15, -0.1) is 0 Å². The van der Waals surface area contributed by atoms with Gasteiger partial charge < -0.3 is 5.11 Å². The lowest BCUT2D eigenvalue weighted by Crippen LogP contribution is -2.40. The Morgan fingerprint density at radius 1 is 1.35 bits per heavy atom. The summed E-state index contributed by atoms with van der Waals surface area (Å²) in [5.41, 5.74) is 1.09. The van der Waals surface area contributed by atoms with Gasteiger partial charge in [0, 0.05) is 19.6 Å². The average molecular weight is 377 g/mol. The molecule has 8 heteroatoms. The third kappa shape index (κ3) is 3.66. The zero-order valence-corrected chi connectivity index (χ0v) is 15.5. The topological polar surface area (TPSA) is 92.5 Å². The fourth-order valence-electron chi connectivity index (χ4n) is 3.41. The summed E-state index contributed by atoms with van der Waals surface area (Å²) >= 11 is 0.